The Bertz CT molecular complexity index is 392. The Morgan fingerprint density at radius 3 is 2.94 bits per heavy atom. The van der Waals surface area contributed by atoms with Crippen LogP contribution in [0.2, 0.25) is 0 Å². The van der Waals surface area contributed by atoms with E-state index in [-0.39, 0.29) is 24.2 Å². The zero-order chi connectivity index (χ0) is 13.1. The van der Waals surface area contributed by atoms with Crippen molar-refractivity contribution in [2.75, 3.05) is 13.2 Å². The van der Waals surface area contributed by atoms with Gasteiger partial charge in [0.25, 0.3) is 0 Å². The van der Waals surface area contributed by atoms with E-state index < -0.39 is 0 Å². The monoisotopic (exact) mass is 268 g/mol. The number of ether oxygens (including phenoxy) is 1. The number of nitrogens with zero attached hydrogens (tertiary/aromatic N) is 1. The summed E-state index contributed by atoms with van der Waals surface area (Å²) in [4.78, 5) is 14.0. The summed E-state index contributed by atoms with van der Waals surface area (Å²) in [5.74, 6) is 0.151. The molecule has 5 heteroatoms. The molecule has 1 N–H and O–H groups in total. The number of hydrogen-bond donors (Lipinski definition) is 1. The van der Waals surface area contributed by atoms with Crippen molar-refractivity contribution in [3.63, 3.8) is 0 Å². The fourth-order valence-electron chi connectivity index (χ4n) is 2.11. The average molecular weight is 268 g/mol. The van der Waals surface area contributed by atoms with Gasteiger partial charge in [0.1, 0.15) is 6.17 Å². The molecule has 0 saturated carbocycles. The van der Waals surface area contributed by atoms with Crippen LogP contribution in [0, 0.1) is 0 Å². The third-order valence-corrected chi connectivity index (χ3v) is 3.72. The molecule has 1 aromatic rings. The van der Waals surface area contributed by atoms with Gasteiger partial charge in [0, 0.05) is 6.54 Å². The van der Waals surface area contributed by atoms with Crippen LogP contribution in [0.4, 0.5) is 0 Å². The highest BCUT2D eigenvalue weighted by Crippen LogP contribution is 2.26. The third-order valence-electron chi connectivity index (χ3n) is 3.02. The number of amides is 1. The van der Waals surface area contributed by atoms with Gasteiger partial charge in [-0.1, -0.05) is 0 Å². The highest BCUT2D eigenvalue weighted by atomic mass is 32.1. The van der Waals surface area contributed by atoms with Crippen LogP contribution >= 0.6 is 11.3 Å². The van der Waals surface area contributed by atoms with Gasteiger partial charge in [0.15, 0.2) is 0 Å². The molecule has 1 fully saturated rings. The Kier molecular flexibility index (Phi) is 4.37. The van der Waals surface area contributed by atoms with E-state index in [4.69, 9.17) is 4.74 Å². The fourth-order valence-corrected chi connectivity index (χ4v) is 2.79. The highest BCUT2D eigenvalue weighted by molar-refractivity contribution is 7.07. The van der Waals surface area contributed by atoms with Crippen molar-refractivity contribution in [2.45, 2.75) is 39.1 Å². The van der Waals surface area contributed by atoms with Crippen LogP contribution in [0.15, 0.2) is 16.8 Å². The maximum absolute atomic E-state index is 12.1. The van der Waals surface area contributed by atoms with Crippen molar-refractivity contribution in [1.82, 2.24) is 10.2 Å². The van der Waals surface area contributed by atoms with Gasteiger partial charge in [-0.15, -0.1) is 0 Å². The van der Waals surface area contributed by atoms with E-state index in [1.54, 1.807) is 11.3 Å². The minimum Gasteiger partial charge on any atom is -0.377 e. The van der Waals surface area contributed by atoms with Crippen LogP contribution < -0.4 is 5.32 Å². The largest absolute Gasteiger partial charge is 0.377 e. The van der Waals surface area contributed by atoms with Gasteiger partial charge < -0.3 is 9.64 Å². The van der Waals surface area contributed by atoms with Crippen molar-refractivity contribution in [2.24, 2.45) is 0 Å². The average Bonchev–Trinajstić information content (AvgIpc) is 2.91. The molecule has 1 aromatic heterocycles. The number of carbonyl (C=O) groups excluding carboxylic acids is 1. The lowest BCUT2D eigenvalue weighted by Gasteiger charge is -2.24. The van der Waals surface area contributed by atoms with Gasteiger partial charge in [-0.05, 0) is 43.2 Å². The van der Waals surface area contributed by atoms with E-state index in [1.165, 1.54) is 0 Å². The van der Waals surface area contributed by atoms with Crippen molar-refractivity contribution in [3.8, 4) is 0 Å². The molecule has 0 radical (unpaired) electrons. The number of rotatable bonds is 5. The van der Waals surface area contributed by atoms with E-state index in [9.17, 15) is 4.79 Å². The molecule has 2 heterocycles. The Hall–Kier alpha value is -0.910. The first-order valence-electron chi connectivity index (χ1n) is 6.30. The Balaban J connectivity index is 2.02. The molecular weight excluding hydrogens is 248 g/mol. The molecular formula is C13H20N2O2S. The normalized spacial score (nSPS) is 24.2. The fraction of sp³-hybridized carbons (Fsp3) is 0.615. The number of thiophene rings is 1. The summed E-state index contributed by atoms with van der Waals surface area (Å²) in [6.45, 7) is 7.13. The summed E-state index contributed by atoms with van der Waals surface area (Å²) < 4.78 is 5.53. The third kappa shape index (κ3) is 2.91. The van der Waals surface area contributed by atoms with Crippen molar-refractivity contribution in [3.05, 3.63) is 22.4 Å². The standard InChI is InChI=1S/C13H20N2O2S/c1-9(2)17-6-5-15-12(11-4-7-18-8-11)14-10(3)13(15)16/h4,7-10,12,14H,5-6H2,1-3H3. The van der Waals surface area contributed by atoms with Gasteiger partial charge in [-0.3, -0.25) is 10.1 Å². The summed E-state index contributed by atoms with van der Waals surface area (Å²) in [5.41, 5.74) is 1.15. The molecule has 0 aliphatic carbocycles. The van der Waals surface area contributed by atoms with Crippen LogP contribution in [-0.2, 0) is 9.53 Å². The molecule has 100 valence electrons. The van der Waals surface area contributed by atoms with Crippen molar-refractivity contribution >= 4 is 17.2 Å². The predicted octanol–water partition coefficient (Wildman–Crippen LogP) is 1.99. The molecule has 4 nitrogen and oxygen atoms in total. The van der Waals surface area contributed by atoms with Gasteiger partial charge in [-0.2, -0.15) is 11.3 Å². The Morgan fingerprint density at radius 2 is 2.33 bits per heavy atom. The van der Waals surface area contributed by atoms with Crippen LogP contribution in [0.3, 0.4) is 0 Å². The van der Waals surface area contributed by atoms with Gasteiger partial charge >= 0.3 is 0 Å². The lowest BCUT2D eigenvalue weighted by atomic mass is 10.2. The molecule has 2 atom stereocenters. The topological polar surface area (TPSA) is 41.6 Å². The summed E-state index contributed by atoms with van der Waals surface area (Å²) in [7, 11) is 0. The van der Waals surface area contributed by atoms with Crippen LogP contribution in [0.5, 0.6) is 0 Å². The van der Waals surface area contributed by atoms with Crippen molar-refractivity contribution in [1.29, 1.82) is 0 Å². The van der Waals surface area contributed by atoms with Gasteiger partial charge in [0.05, 0.1) is 18.8 Å². The van der Waals surface area contributed by atoms with Gasteiger partial charge in [-0.25, -0.2) is 0 Å². The second-order valence-electron chi connectivity index (χ2n) is 4.80. The summed E-state index contributed by atoms with van der Waals surface area (Å²) in [6.07, 6.45) is 0.196. The second kappa shape index (κ2) is 5.82. The molecule has 1 aliphatic rings. The molecule has 2 unspecified atom stereocenters. The van der Waals surface area contributed by atoms with Crippen molar-refractivity contribution < 1.29 is 9.53 Å². The Morgan fingerprint density at radius 1 is 1.56 bits per heavy atom. The number of hydrogen-bond acceptors (Lipinski definition) is 4. The quantitative estimate of drug-likeness (QED) is 0.888. The minimum atomic E-state index is -0.117. The first-order chi connectivity index (χ1) is 8.59. The highest BCUT2D eigenvalue weighted by Gasteiger charge is 2.36. The second-order valence-corrected chi connectivity index (χ2v) is 5.58. The summed E-state index contributed by atoms with van der Waals surface area (Å²) in [5, 5.41) is 7.44. The number of nitrogens with one attached hydrogen (secondary N) is 1. The molecule has 1 saturated heterocycles. The maximum Gasteiger partial charge on any atom is 0.241 e. The SMILES string of the molecule is CC(C)OCCN1C(=O)C(C)NC1c1ccsc1. The van der Waals surface area contributed by atoms with Crippen LogP contribution in [0.1, 0.15) is 32.5 Å². The van der Waals surface area contributed by atoms with E-state index in [0.717, 1.165) is 5.56 Å². The molecule has 0 spiro atoms. The molecule has 0 aromatic carbocycles. The molecule has 1 amide bonds. The zero-order valence-corrected chi connectivity index (χ0v) is 11.9. The van der Waals surface area contributed by atoms with E-state index in [0.29, 0.717) is 13.2 Å². The zero-order valence-electron chi connectivity index (χ0n) is 11.1. The maximum atomic E-state index is 12.1. The lowest BCUT2D eigenvalue weighted by Crippen LogP contribution is -2.34. The number of carbonyl (C=O) groups is 1. The van der Waals surface area contributed by atoms with Crippen LogP contribution in [0.25, 0.3) is 0 Å². The van der Waals surface area contributed by atoms with Crippen LogP contribution in [-0.4, -0.2) is 36.1 Å². The molecule has 2 rings (SSSR count). The first kappa shape index (κ1) is 13.5. The lowest BCUT2D eigenvalue weighted by molar-refractivity contribution is -0.130. The smallest absolute Gasteiger partial charge is 0.241 e. The Labute approximate surface area is 112 Å². The first-order valence-corrected chi connectivity index (χ1v) is 7.24. The van der Waals surface area contributed by atoms with E-state index in [2.05, 4.69) is 16.8 Å². The van der Waals surface area contributed by atoms with E-state index >= 15 is 0 Å². The van der Waals surface area contributed by atoms with E-state index in [1.807, 2.05) is 31.1 Å². The molecule has 18 heavy (non-hydrogen) atoms. The molecule has 1 aliphatic heterocycles. The summed E-state index contributed by atoms with van der Waals surface area (Å²) >= 11 is 1.65. The predicted molar refractivity (Wildman–Crippen MR) is 72.5 cm³/mol. The minimum absolute atomic E-state index is 0.00508. The molecule has 0 bridgehead atoms. The van der Waals surface area contributed by atoms with Gasteiger partial charge in [0.2, 0.25) is 5.91 Å². The summed E-state index contributed by atoms with van der Waals surface area (Å²) in [6, 6.07) is 1.94.